The van der Waals surface area contributed by atoms with Gasteiger partial charge in [0, 0.05) is 0 Å². The molecule has 5 heavy (non-hydrogen) atoms. The van der Waals surface area contributed by atoms with Crippen molar-refractivity contribution in [2.75, 3.05) is 0 Å². The number of rotatable bonds is 0. The van der Waals surface area contributed by atoms with E-state index < -0.39 is 0 Å². The van der Waals surface area contributed by atoms with Crippen LogP contribution in [0, 0.1) is 6.92 Å². The van der Waals surface area contributed by atoms with E-state index in [4.69, 9.17) is 0 Å². The van der Waals surface area contributed by atoms with E-state index in [2.05, 4.69) is 13.5 Å². The van der Waals surface area contributed by atoms with Gasteiger partial charge in [0.15, 0.2) is 0 Å². The van der Waals surface area contributed by atoms with Gasteiger partial charge in [0.1, 0.15) is 0 Å². The van der Waals surface area contributed by atoms with Gasteiger partial charge in [-0.05, 0) is 0 Å². The topological polar surface area (TPSA) is 35.0 Å². The molecular weight excluding hydrogens is 73.0 g/mol. The average Bonchev–Trinajstić information content (AvgIpc) is 0.918. The molecule has 0 aromatic heterocycles. The summed E-state index contributed by atoms with van der Waals surface area (Å²) in [5.74, 6) is 0. The molecule has 0 aromatic rings. The molecule has 0 aliphatic carbocycles. The van der Waals surface area contributed by atoms with Crippen molar-refractivity contribution in [3.8, 4) is 0 Å². The minimum absolute atomic E-state index is 0. The molecule has 0 atom stereocenters. The normalized spacial score (nSPS) is 2.40. The van der Waals surface area contributed by atoms with Crippen molar-refractivity contribution in [3.05, 3.63) is 19.6 Å². The Balaban J connectivity index is -0.0000000200. The molecule has 0 rings (SSSR count). The molecular formula is C3H8NNa. The van der Waals surface area contributed by atoms with Crippen molar-refractivity contribution in [1.29, 1.82) is 0 Å². The van der Waals surface area contributed by atoms with E-state index in [1.807, 2.05) is 0 Å². The summed E-state index contributed by atoms with van der Waals surface area (Å²) in [4.78, 5) is 0. The largest absolute Gasteiger partial charge is 1.00 e. The van der Waals surface area contributed by atoms with Crippen molar-refractivity contribution in [2.24, 2.45) is 0 Å². The fourth-order valence-corrected chi connectivity index (χ4v) is 0. The van der Waals surface area contributed by atoms with Crippen molar-refractivity contribution in [2.45, 2.75) is 0 Å². The molecule has 0 heterocycles. The van der Waals surface area contributed by atoms with Gasteiger partial charge >= 0.3 is 29.6 Å². The van der Waals surface area contributed by atoms with Gasteiger partial charge in [-0.3, -0.25) is 0 Å². The van der Waals surface area contributed by atoms with Crippen LogP contribution in [0.3, 0.4) is 0 Å². The summed E-state index contributed by atoms with van der Waals surface area (Å²) in [6, 6.07) is 0. The zero-order valence-electron chi connectivity index (χ0n) is 3.70. The van der Waals surface area contributed by atoms with Crippen molar-refractivity contribution < 1.29 is 29.6 Å². The Bertz CT molecular complexity index is 14.4. The third kappa shape index (κ3) is 92.9. The predicted molar refractivity (Wildman–Crippen MR) is 20.6 cm³/mol. The molecule has 0 bridgehead atoms. The molecule has 0 saturated heterocycles. The van der Waals surface area contributed by atoms with E-state index in [0.29, 0.717) is 0 Å². The Morgan fingerprint density at radius 3 is 1.60 bits per heavy atom. The van der Waals surface area contributed by atoms with Gasteiger partial charge in [0.05, 0.1) is 0 Å². The average molecular weight is 81.1 g/mol. The van der Waals surface area contributed by atoms with Crippen molar-refractivity contribution in [1.82, 2.24) is 6.15 Å². The van der Waals surface area contributed by atoms with Gasteiger partial charge in [-0.15, -0.1) is 0 Å². The molecule has 0 saturated carbocycles. The summed E-state index contributed by atoms with van der Waals surface area (Å²) >= 11 is 0. The first-order valence-electron chi connectivity index (χ1n) is 0.816. The van der Waals surface area contributed by atoms with Crippen LogP contribution < -0.4 is 35.7 Å². The van der Waals surface area contributed by atoms with E-state index in [1.54, 1.807) is 0 Å². The maximum Gasteiger partial charge on any atom is 1.00 e. The van der Waals surface area contributed by atoms with Crippen LogP contribution in [0.25, 0.3) is 0 Å². The molecule has 0 unspecified atom stereocenters. The molecule has 0 amide bonds. The molecule has 0 fully saturated rings. The fourth-order valence-electron chi connectivity index (χ4n) is 0. The SMILES string of the molecule is C=C[CH2-].N.[Na+]. The second kappa shape index (κ2) is 23.6. The zero-order chi connectivity index (χ0) is 2.71. The van der Waals surface area contributed by atoms with Crippen LogP contribution in [-0.4, -0.2) is 0 Å². The number of hydrogen-bond acceptors (Lipinski definition) is 1. The molecule has 0 aromatic carbocycles. The van der Waals surface area contributed by atoms with Crippen LogP contribution in [0.5, 0.6) is 0 Å². The summed E-state index contributed by atoms with van der Waals surface area (Å²) in [5.41, 5.74) is 0. The Hall–Kier alpha value is 0.570. The van der Waals surface area contributed by atoms with Gasteiger partial charge in [-0.25, -0.2) is 19.6 Å². The van der Waals surface area contributed by atoms with Crippen molar-refractivity contribution >= 4 is 0 Å². The maximum absolute atomic E-state index is 3.25. The zero-order valence-corrected chi connectivity index (χ0v) is 5.70. The molecule has 2 heteroatoms. The Morgan fingerprint density at radius 2 is 1.60 bits per heavy atom. The smallest absolute Gasteiger partial charge is 0.344 e. The Kier molecular flexibility index (Phi) is 83.2. The minimum atomic E-state index is 0. The molecule has 0 aliphatic heterocycles. The van der Waals surface area contributed by atoms with Crippen molar-refractivity contribution in [3.63, 3.8) is 0 Å². The minimum Gasteiger partial charge on any atom is -0.344 e. The van der Waals surface area contributed by atoms with Crippen LogP contribution in [-0.2, 0) is 0 Å². The van der Waals surface area contributed by atoms with E-state index in [9.17, 15) is 0 Å². The predicted octanol–water partition coefficient (Wildman–Crippen LogP) is -1.83. The summed E-state index contributed by atoms with van der Waals surface area (Å²) in [7, 11) is 0. The van der Waals surface area contributed by atoms with Gasteiger partial charge in [-0.1, -0.05) is 0 Å². The molecule has 0 spiro atoms. The first-order valence-corrected chi connectivity index (χ1v) is 0.816. The van der Waals surface area contributed by atoms with E-state index in [1.165, 1.54) is 6.08 Å². The molecule has 0 aliphatic rings. The van der Waals surface area contributed by atoms with E-state index in [0.717, 1.165) is 0 Å². The molecule has 0 radical (unpaired) electrons. The fraction of sp³-hybridized carbons (Fsp3) is 0. The Morgan fingerprint density at radius 1 is 1.60 bits per heavy atom. The maximum atomic E-state index is 3.25. The van der Waals surface area contributed by atoms with Gasteiger partial charge in [-0.2, -0.15) is 0 Å². The third-order valence-electron chi connectivity index (χ3n) is 0. The summed E-state index contributed by atoms with van der Waals surface area (Å²) in [6.45, 7) is 6.50. The van der Waals surface area contributed by atoms with Crippen LogP contribution in [0.1, 0.15) is 0 Å². The molecule has 26 valence electrons. The monoisotopic (exact) mass is 81.1 g/mol. The standard InChI is InChI=1S/C3H5.H3N.Na/c1-3-2;;/h3H,1-2H2;1H3;/q-1;;+1. The molecule has 3 N–H and O–H groups in total. The second-order valence-electron chi connectivity index (χ2n) is 0.289. The van der Waals surface area contributed by atoms with Crippen LogP contribution in [0.15, 0.2) is 12.7 Å². The first-order chi connectivity index (χ1) is 1.41. The third-order valence-corrected chi connectivity index (χ3v) is 0. The first kappa shape index (κ1) is 17.6. The number of hydrogen-bond donors (Lipinski definition) is 1. The summed E-state index contributed by atoms with van der Waals surface area (Å²) in [6.07, 6.45) is 1.50. The van der Waals surface area contributed by atoms with Gasteiger partial charge in [0.2, 0.25) is 0 Å². The number of allylic oxidation sites excluding steroid dienone is 1. The summed E-state index contributed by atoms with van der Waals surface area (Å²) < 4.78 is 0. The van der Waals surface area contributed by atoms with Crippen LogP contribution in [0.2, 0.25) is 0 Å². The van der Waals surface area contributed by atoms with E-state index in [-0.39, 0.29) is 35.7 Å². The van der Waals surface area contributed by atoms with E-state index >= 15 is 0 Å². The Labute approximate surface area is 55.3 Å². The van der Waals surface area contributed by atoms with Crippen LogP contribution >= 0.6 is 0 Å². The molecule has 1 nitrogen and oxygen atoms in total. The quantitative estimate of drug-likeness (QED) is 0.270. The van der Waals surface area contributed by atoms with Gasteiger partial charge < -0.3 is 6.15 Å². The van der Waals surface area contributed by atoms with Crippen LogP contribution in [0.4, 0.5) is 0 Å². The van der Waals surface area contributed by atoms with Gasteiger partial charge in [0.25, 0.3) is 0 Å². The summed E-state index contributed by atoms with van der Waals surface area (Å²) in [5, 5.41) is 0. The second-order valence-corrected chi connectivity index (χ2v) is 0.289.